The monoisotopic (exact) mass is 1650 g/mol. The van der Waals surface area contributed by atoms with E-state index >= 15 is 0 Å². The van der Waals surface area contributed by atoms with E-state index in [2.05, 4.69) is 438 Å². The molecule has 0 spiro atoms. The number of rotatable bonds is 15. The molecule has 0 bridgehead atoms. The van der Waals surface area contributed by atoms with E-state index in [1.807, 2.05) is 54.6 Å². The van der Waals surface area contributed by atoms with Crippen LogP contribution in [0.2, 0.25) is 19.6 Å². The minimum absolute atomic E-state index is 0.712. The number of aromatic nitrogens is 8. The van der Waals surface area contributed by atoms with Gasteiger partial charge in [0, 0.05) is 99.2 Å². The summed E-state index contributed by atoms with van der Waals surface area (Å²) in [7, 11) is -1.43. The molecule has 0 aliphatic heterocycles. The smallest absolute Gasteiger partial charge is 0.160 e. The summed E-state index contributed by atoms with van der Waals surface area (Å²) in [5.74, 6) is 1.44. The molecular formula is C119H84N8Si. The lowest BCUT2D eigenvalue weighted by molar-refractivity contribution is 1.17. The lowest BCUT2D eigenvalue weighted by Gasteiger charge is -2.17. The van der Waals surface area contributed by atoms with Crippen molar-refractivity contribution in [3.05, 3.63) is 455 Å². The van der Waals surface area contributed by atoms with Crippen molar-refractivity contribution in [2.45, 2.75) is 19.6 Å². The Morgan fingerprint density at radius 3 is 0.680 bits per heavy atom. The van der Waals surface area contributed by atoms with Crippen LogP contribution in [0.4, 0.5) is 0 Å². The molecule has 0 saturated carbocycles. The van der Waals surface area contributed by atoms with Crippen LogP contribution < -0.4 is 5.19 Å². The molecule has 6 heterocycles. The molecule has 0 saturated heterocycles. The van der Waals surface area contributed by atoms with Crippen LogP contribution in [-0.4, -0.2) is 46.3 Å². The molecule has 0 aliphatic rings. The molecule has 0 unspecified atom stereocenters. The highest BCUT2D eigenvalue weighted by molar-refractivity contribution is 6.88. The van der Waals surface area contributed by atoms with E-state index in [1.165, 1.54) is 131 Å². The van der Waals surface area contributed by atoms with Crippen molar-refractivity contribution < 1.29 is 0 Å². The molecule has 0 N–H and O–H groups in total. The third kappa shape index (κ3) is 14.0. The highest BCUT2D eigenvalue weighted by atomic mass is 28.3. The maximum absolute atomic E-state index is 5.13. The number of hydrogen-bond donors (Lipinski definition) is 0. The molecular weight excluding hydrogens is 1570 g/mol. The Balaban J connectivity index is 0.000000148. The molecule has 604 valence electrons. The van der Waals surface area contributed by atoms with Crippen LogP contribution in [-0.2, 0) is 0 Å². The normalized spacial score (nSPS) is 11.7. The van der Waals surface area contributed by atoms with E-state index < -0.39 is 8.07 Å². The molecule has 0 aliphatic carbocycles. The quantitative estimate of drug-likeness (QED) is 0.0959. The van der Waals surface area contributed by atoms with E-state index in [9.17, 15) is 0 Å². The van der Waals surface area contributed by atoms with E-state index in [0.717, 1.165) is 90.2 Å². The van der Waals surface area contributed by atoms with Crippen LogP contribution in [0.3, 0.4) is 0 Å². The second-order valence-electron chi connectivity index (χ2n) is 34.1. The summed E-state index contributed by atoms with van der Waals surface area (Å²) in [6.07, 6.45) is 0. The van der Waals surface area contributed by atoms with Gasteiger partial charge in [0.25, 0.3) is 0 Å². The highest BCUT2D eigenvalue weighted by Gasteiger charge is 2.23. The van der Waals surface area contributed by atoms with Gasteiger partial charge < -0.3 is 18.3 Å². The van der Waals surface area contributed by atoms with Crippen LogP contribution >= 0.6 is 0 Å². The molecule has 0 atom stereocenters. The molecule has 0 fully saturated rings. The van der Waals surface area contributed by atoms with Gasteiger partial charge in [-0.15, -0.1) is 0 Å². The SMILES string of the molecule is C[Si](C)(C)c1ccc(-c2cc(-c3ccc(-n4c5ccccc5c5cc(-c6ccc7c(c6)c6ccccc6n7-c6ccccc6)ccc54)cc3)nc(-c3ccccc3)n2)cc1.c1ccc(-c2ccc3c(c2)c2cc(-c4ccc5c(c4)c4ccccc4n5-c4ccccc4)ccc2n3-c2ccc(-c3ccc(-c4cc(-c5ccccc5)nc(-c5ccccc5)n4)cc3)cc2)cc1. The van der Waals surface area contributed by atoms with Crippen molar-refractivity contribution in [1.29, 1.82) is 0 Å². The number of nitrogens with zero attached hydrogens (tertiary/aromatic N) is 8. The Labute approximate surface area is 743 Å². The van der Waals surface area contributed by atoms with Gasteiger partial charge in [-0.3, -0.25) is 0 Å². The van der Waals surface area contributed by atoms with Gasteiger partial charge in [-0.05, 0) is 184 Å². The molecule has 0 radical (unpaired) electrons. The lowest BCUT2D eigenvalue weighted by Crippen LogP contribution is -2.37. The third-order valence-corrected chi connectivity index (χ3v) is 27.3. The first-order chi connectivity index (χ1) is 63.1. The summed E-state index contributed by atoms with van der Waals surface area (Å²) >= 11 is 0. The predicted octanol–water partition coefficient (Wildman–Crippen LogP) is 30.6. The molecule has 6 aromatic heterocycles. The lowest BCUT2D eigenvalue weighted by atomic mass is 9.99. The number of benzene rings is 18. The minimum atomic E-state index is -1.43. The first kappa shape index (κ1) is 76.4. The summed E-state index contributed by atoms with van der Waals surface area (Å²) in [5, 5.41) is 11.3. The Hall–Kier alpha value is -16.5. The van der Waals surface area contributed by atoms with Crippen molar-refractivity contribution in [3.8, 4) is 135 Å². The van der Waals surface area contributed by atoms with Crippen LogP contribution in [0.5, 0.6) is 0 Å². The zero-order chi connectivity index (χ0) is 85.3. The summed E-state index contributed by atoms with van der Waals surface area (Å²) in [5.41, 5.74) is 33.4. The zero-order valence-electron chi connectivity index (χ0n) is 70.9. The van der Waals surface area contributed by atoms with Gasteiger partial charge in [0.15, 0.2) is 11.6 Å². The van der Waals surface area contributed by atoms with Crippen LogP contribution in [0, 0.1) is 0 Å². The summed E-state index contributed by atoms with van der Waals surface area (Å²) < 4.78 is 9.54. The molecule has 128 heavy (non-hydrogen) atoms. The standard InChI is InChI=1S/C64H42N4.C55H42N4Si/c1-5-15-43(16-6-1)49-31-36-62-56(39-49)57-41-51(50-32-37-61-55(40-50)54-23-13-14-24-60(54)67(61)52-21-11-4-12-22-52)33-38-63(57)68(62)53-34-29-45(30-35-53)44-25-27-47(28-26-44)59-42-58(46-17-7-2-8-18-46)65-64(66-59)48-19-9-3-10-20-48;1-60(2,3)44-30-24-38(25-31-44)50-36-49(56-55(57-50)39-14-6-4-7-15-39)37-22-28-43(29-23-37)59-52-21-13-11-19-46(52)48-35-41(27-33-54(48)59)40-26-32-53-47(34-40)45-18-10-12-20-51(45)58(53)42-16-8-5-9-17-42/h1-42H;4-36H,1-3H3. The first-order valence-electron chi connectivity index (χ1n) is 43.8. The Morgan fingerprint density at radius 1 is 0.156 bits per heavy atom. The number of hydrogen-bond acceptors (Lipinski definition) is 4. The fraction of sp³-hybridized carbons (Fsp3) is 0.0252. The fourth-order valence-electron chi connectivity index (χ4n) is 18.8. The van der Waals surface area contributed by atoms with Crippen molar-refractivity contribution in [1.82, 2.24) is 38.2 Å². The molecule has 8 nitrogen and oxygen atoms in total. The van der Waals surface area contributed by atoms with Crippen molar-refractivity contribution >= 4 is 100 Å². The Kier molecular flexibility index (Phi) is 19.1. The van der Waals surface area contributed by atoms with Crippen LogP contribution in [0.15, 0.2) is 455 Å². The van der Waals surface area contributed by atoms with E-state index in [-0.39, 0.29) is 0 Å². The summed E-state index contributed by atoms with van der Waals surface area (Å²) in [6, 6.07) is 163. The largest absolute Gasteiger partial charge is 0.309 e. The van der Waals surface area contributed by atoms with Gasteiger partial charge in [-0.1, -0.05) is 340 Å². The third-order valence-electron chi connectivity index (χ3n) is 25.3. The van der Waals surface area contributed by atoms with Crippen molar-refractivity contribution in [3.63, 3.8) is 0 Å². The molecule has 24 rings (SSSR count). The van der Waals surface area contributed by atoms with Gasteiger partial charge in [-0.25, -0.2) is 19.9 Å². The number of para-hydroxylation sites is 5. The van der Waals surface area contributed by atoms with Gasteiger partial charge in [-0.2, -0.15) is 0 Å². The van der Waals surface area contributed by atoms with Crippen LogP contribution in [0.25, 0.3) is 222 Å². The highest BCUT2D eigenvalue weighted by Crippen LogP contribution is 2.44. The predicted molar refractivity (Wildman–Crippen MR) is 539 cm³/mol. The Morgan fingerprint density at radius 2 is 0.359 bits per heavy atom. The second kappa shape index (κ2) is 32.0. The van der Waals surface area contributed by atoms with Crippen molar-refractivity contribution in [2.75, 3.05) is 0 Å². The minimum Gasteiger partial charge on any atom is -0.309 e. The number of fused-ring (bicyclic) bond motifs is 12. The second-order valence-corrected chi connectivity index (χ2v) is 39.2. The van der Waals surface area contributed by atoms with Gasteiger partial charge >= 0.3 is 0 Å². The fourth-order valence-corrected chi connectivity index (χ4v) is 20.0. The van der Waals surface area contributed by atoms with E-state index in [1.54, 1.807) is 0 Å². The zero-order valence-corrected chi connectivity index (χ0v) is 71.9. The molecule has 9 heteroatoms. The Bertz CT molecular complexity index is 8270. The van der Waals surface area contributed by atoms with Crippen molar-refractivity contribution in [2.24, 2.45) is 0 Å². The molecule has 0 amide bonds. The van der Waals surface area contributed by atoms with Gasteiger partial charge in [0.1, 0.15) is 0 Å². The van der Waals surface area contributed by atoms with Crippen LogP contribution in [0.1, 0.15) is 0 Å². The maximum atomic E-state index is 5.13. The molecule has 18 aromatic carbocycles. The van der Waals surface area contributed by atoms with Gasteiger partial charge in [0.05, 0.1) is 75.0 Å². The van der Waals surface area contributed by atoms with E-state index in [0.29, 0.717) is 5.82 Å². The average molecular weight is 1650 g/mol. The maximum Gasteiger partial charge on any atom is 0.160 e. The van der Waals surface area contributed by atoms with Gasteiger partial charge in [0.2, 0.25) is 0 Å². The molecule has 24 aromatic rings. The first-order valence-corrected chi connectivity index (χ1v) is 47.3. The van der Waals surface area contributed by atoms with E-state index in [4.69, 9.17) is 19.9 Å². The average Bonchev–Trinajstić information content (AvgIpc) is 1.59. The summed E-state index contributed by atoms with van der Waals surface area (Å²) in [6.45, 7) is 7.14. The topological polar surface area (TPSA) is 71.3 Å². The summed E-state index contributed by atoms with van der Waals surface area (Å²) in [4.78, 5) is 20.2.